The van der Waals surface area contributed by atoms with E-state index in [2.05, 4.69) is 54.9 Å². The number of hydrogen-bond donors (Lipinski definition) is 3. The van der Waals surface area contributed by atoms with E-state index >= 15 is 0 Å². The zero-order valence-corrected chi connectivity index (χ0v) is 19.5. The molecule has 0 spiro atoms. The van der Waals surface area contributed by atoms with Gasteiger partial charge in [0.15, 0.2) is 0 Å². The molecule has 10 heteroatoms. The standard InChI is InChI=1S/C24H29N7O3/c1-30-7-9-31(10-8-30)19-6-4-5-17(11-19)27-22-15-23(26-16-25-22)29-24(32)28-18-12-20(33-2)14-21(13-18)34-3/h4-6,11-16H,7-10H2,1-3H3,(H3,25,26,27,28,29,32). The zero-order valence-electron chi connectivity index (χ0n) is 19.5. The minimum absolute atomic E-state index is 0.361. The first-order valence-corrected chi connectivity index (χ1v) is 11.0. The van der Waals surface area contributed by atoms with E-state index in [1.165, 1.54) is 12.0 Å². The smallest absolute Gasteiger partial charge is 0.324 e. The van der Waals surface area contributed by atoms with Gasteiger partial charge in [-0.25, -0.2) is 14.8 Å². The molecule has 0 radical (unpaired) electrons. The van der Waals surface area contributed by atoms with Gasteiger partial charge < -0.3 is 29.9 Å². The number of ether oxygens (including phenoxy) is 2. The van der Waals surface area contributed by atoms with Crippen molar-refractivity contribution in [3.8, 4) is 11.5 Å². The van der Waals surface area contributed by atoms with Crippen LogP contribution in [-0.2, 0) is 0 Å². The van der Waals surface area contributed by atoms with Crippen LogP contribution in [0.1, 0.15) is 0 Å². The summed E-state index contributed by atoms with van der Waals surface area (Å²) in [5, 5.41) is 8.77. The molecule has 1 saturated heterocycles. The Hall–Kier alpha value is -4.05. The lowest BCUT2D eigenvalue weighted by molar-refractivity contribution is 0.262. The molecule has 1 aliphatic rings. The lowest BCUT2D eigenvalue weighted by Crippen LogP contribution is -2.44. The topological polar surface area (TPSA) is 104 Å². The Morgan fingerprint density at radius 1 is 0.853 bits per heavy atom. The number of piperazine rings is 1. The summed E-state index contributed by atoms with van der Waals surface area (Å²) >= 11 is 0. The monoisotopic (exact) mass is 463 g/mol. The molecule has 10 nitrogen and oxygen atoms in total. The molecular weight excluding hydrogens is 434 g/mol. The minimum Gasteiger partial charge on any atom is -0.497 e. The summed E-state index contributed by atoms with van der Waals surface area (Å²) in [5.74, 6) is 2.08. The fraction of sp³-hybridized carbons (Fsp3) is 0.292. The summed E-state index contributed by atoms with van der Waals surface area (Å²) in [6.07, 6.45) is 1.40. The van der Waals surface area contributed by atoms with Gasteiger partial charge >= 0.3 is 6.03 Å². The summed E-state index contributed by atoms with van der Waals surface area (Å²) in [6.45, 7) is 4.08. The quantitative estimate of drug-likeness (QED) is 0.488. The van der Waals surface area contributed by atoms with Crippen LogP contribution in [-0.4, -0.2) is 68.3 Å². The van der Waals surface area contributed by atoms with Crippen molar-refractivity contribution in [2.75, 3.05) is 68.3 Å². The van der Waals surface area contributed by atoms with Crippen LogP contribution >= 0.6 is 0 Å². The molecule has 3 N–H and O–H groups in total. The molecule has 2 aromatic carbocycles. The van der Waals surface area contributed by atoms with Crippen molar-refractivity contribution in [1.82, 2.24) is 14.9 Å². The number of carbonyl (C=O) groups excluding carboxylic acids is 1. The fourth-order valence-electron chi connectivity index (χ4n) is 3.65. The summed E-state index contributed by atoms with van der Waals surface area (Å²) in [7, 11) is 5.24. The van der Waals surface area contributed by atoms with Crippen molar-refractivity contribution in [2.24, 2.45) is 0 Å². The highest BCUT2D eigenvalue weighted by Crippen LogP contribution is 2.26. The molecule has 2 heterocycles. The van der Waals surface area contributed by atoms with E-state index in [9.17, 15) is 4.79 Å². The molecule has 1 aliphatic heterocycles. The first kappa shape index (κ1) is 23.1. The van der Waals surface area contributed by atoms with E-state index in [0.717, 1.165) is 31.9 Å². The second-order valence-corrected chi connectivity index (χ2v) is 7.93. The number of carbonyl (C=O) groups is 1. The van der Waals surface area contributed by atoms with E-state index in [4.69, 9.17) is 9.47 Å². The van der Waals surface area contributed by atoms with E-state index in [1.807, 2.05) is 12.1 Å². The van der Waals surface area contributed by atoms with Crippen LogP contribution in [0.25, 0.3) is 0 Å². The van der Waals surface area contributed by atoms with Crippen LogP contribution in [0.3, 0.4) is 0 Å². The molecule has 1 aromatic heterocycles. The highest BCUT2D eigenvalue weighted by atomic mass is 16.5. The third-order valence-electron chi connectivity index (χ3n) is 5.50. The minimum atomic E-state index is -0.447. The summed E-state index contributed by atoms with van der Waals surface area (Å²) in [5.41, 5.74) is 2.61. The normalized spacial score (nSPS) is 13.8. The molecule has 3 aromatic rings. The van der Waals surface area contributed by atoms with Crippen molar-refractivity contribution in [2.45, 2.75) is 0 Å². The van der Waals surface area contributed by atoms with Crippen molar-refractivity contribution >= 4 is 34.7 Å². The first-order chi connectivity index (χ1) is 16.5. The predicted octanol–water partition coefficient (Wildman–Crippen LogP) is 3.63. The summed E-state index contributed by atoms with van der Waals surface area (Å²) in [4.78, 5) is 25.6. The Morgan fingerprint density at radius 3 is 2.26 bits per heavy atom. The van der Waals surface area contributed by atoms with Gasteiger partial charge in [-0.15, -0.1) is 0 Å². The Kier molecular flexibility index (Phi) is 7.28. The van der Waals surface area contributed by atoms with Gasteiger partial charge in [-0.2, -0.15) is 0 Å². The maximum Gasteiger partial charge on any atom is 0.324 e. The SMILES string of the molecule is COc1cc(NC(=O)Nc2cc(Nc3cccc(N4CCN(C)CC4)c3)ncn2)cc(OC)c1. The molecule has 0 bridgehead atoms. The molecule has 178 valence electrons. The molecule has 34 heavy (non-hydrogen) atoms. The lowest BCUT2D eigenvalue weighted by atomic mass is 10.2. The summed E-state index contributed by atoms with van der Waals surface area (Å²) < 4.78 is 10.5. The number of amides is 2. The van der Waals surface area contributed by atoms with Crippen molar-refractivity contribution in [3.05, 3.63) is 54.9 Å². The van der Waals surface area contributed by atoms with Gasteiger partial charge in [-0.1, -0.05) is 6.07 Å². The van der Waals surface area contributed by atoms with Gasteiger partial charge in [0.1, 0.15) is 29.5 Å². The van der Waals surface area contributed by atoms with Gasteiger partial charge in [0.05, 0.1) is 14.2 Å². The molecule has 2 amide bonds. The fourth-order valence-corrected chi connectivity index (χ4v) is 3.65. The molecule has 0 atom stereocenters. The third kappa shape index (κ3) is 6.04. The number of methoxy groups -OCH3 is 2. The number of nitrogens with zero attached hydrogens (tertiary/aromatic N) is 4. The van der Waals surface area contributed by atoms with Crippen molar-refractivity contribution in [1.29, 1.82) is 0 Å². The van der Waals surface area contributed by atoms with Crippen LogP contribution in [0.2, 0.25) is 0 Å². The van der Waals surface area contributed by atoms with Gasteiger partial charge in [-0.05, 0) is 25.2 Å². The third-order valence-corrected chi connectivity index (χ3v) is 5.50. The second-order valence-electron chi connectivity index (χ2n) is 7.93. The maximum absolute atomic E-state index is 12.5. The Bertz CT molecular complexity index is 1110. The molecule has 0 saturated carbocycles. The molecule has 1 fully saturated rings. The Balaban J connectivity index is 1.40. The lowest BCUT2D eigenvalue weighted by Gasteiger charge is -2.34. The van der Waals surface area contributed by atoms with Gasteiger partial charge in [0.25, 0.3) is 0 Å². The van der Waals surface area contributed by atoms with Crippen LogP contribution in [0, 0.1) is 0 Å². The Labute approximate surface area is 198 Å². The molecule has 4 rings (SSSR count). The van der Waals surface area contributed by atoms with Gasteiger partial charge in [0.2, 0.25) is 0 Å². The number of benzene rings is 2. The van der Waals surface area contributed by atoms with E-state index < -0.39 is 6.03 Å². The van der Waals surface area contributed by atoms with Crippen molar-refractivity contribution in [3.63, 3.8) is 0 Å². The summed E-state index contributed by atoms with van der Waals surface area (Å²) in [6, 6.07) is 14.6. The number of aromatic nitrogens is 2. The number of hydrogen-bond acceptors (Lipinski definition) is 8. The average Bonchev–Trinajstić information content (AvgIpc) is 2.84. The number of nitrogens with one attached hydrogen (secondary N) is 3. The van der Waals surface area contributed by atoms with Gasteiger partial charge in [0, 0.05) is 67.5 Å². The Morgan fingerprint density at radius 2 is 1.56 bits per heavy atom. The largest absolute Gasteiger partial charge is 0.497 e. The second kappa shape index (κ2) is 10.7. The first-order valence-electron chi connectivity index (χ1n) is 11.0. The highest BCUT2D eigenvalue weighted by Gasteiger charge is 2.14. The number of anilines is 5. The predicted molar refractivity (Wildman–Crippen MR) is 134 cm³/mol. The van der Waals surface area contributed by atoms with Crippen LogP contribution in [0.4, 0.5) is 33.5 Å². The van der Waals surface area contributed by atoms with E-state index in [0.29, 0.717) is 28.8 Å². The number of urea groups is 1. The number of rotatable bonds is 7. The van der Waals surface area contributed by atoms with Crippen LogP contribution < -0.4 is 30.3 Å². The molecule has 0 unspecified atom stereocenters. The van der Waals surface area contributed by atoms with Crippen LogP contribution in [0.15, 0.2) is 54.9 Å². The average molecular weight is 464 g/mol. The molecular formula is C24H29N7O3. The highest BCUT2D eigenvalue weighted by molar-refractivity contribution is 5.99. The van der Waals surface area contributed by atoms with Crippen molar-refractivity contribution < 1.29 is 14.3 Å². The van der Waals surface area contributed by atoms with Gasteiger partial charge in [-0.3, -0.25) is 5.32 Å². The number of likely N-dealkylation sites (N-methyl/N-ethyl adjacent to an activating group) is 1. The van der Waals surface area contributed by atoms with E-state index in [1.54, 1.807) is 38.5 Å². The van der Waals surface area contributed by atoms with Crippen LogP contribution in [0.5, 0.6) is 11.5 Å². The maximum atomic E-state index is 12.5. The zero-order chi connectivity index (χ0) is 23.9. The van der Waals surface area contributed by atoms with E-state index in [-0.39, 0.29) is 0 Å². The molecule has 0 aliphatic carbocycles.